The molecular weight excluding hydrogens is 273 g/mol. The van der Waals surface area contributed by atoms with Gasteiger partial charge >= 0.3 is 0 Å². The lowest BCUT2D eigenvalue weighted by atomic mass is 9.92. The molecule has 0 spiro atoms. The van der Waals surface area contributed by atoms with E-state index in [1.807, 2.05) is 19.2 Å². The number of hydrogen-bond acceptors (Lipinski definition) is 1. The first kappa shape index (κ1) is 13.6. The molecular formula is C17H17ClFN. The second-order valence-electron chi connectivity index (χ2n) is 5.35. The fourth-order valence-corrected chi connectivity index (χ4v) is 3.44. The van der Waals surface area contributed by atoms with Crippen LogP contribution < -0.4 is 5.32 Å². The summed E-state index contributed by atoms with van der Waals surface area (Å²) in [5, 5.41) is 3.58. The minimum absolute atomic E-state index is 0.207. The topological polar surface area (TPSA) is 12.0 Å². The fourth-order valence-electron chi connectivity index (χ4n) is 3.25. The zero-order chi connectivity index (χ0) is 14.1. The van der Waals surface area contributed by atoms with Gasteiger partial charge in [-0.15, -0.1) is 0 Å². The van der Waals surface area contributed by atoms with Crippen molar-refractivity contribution in [2.75, 3.05) is 7.05 Å². The highest BCUT2D eigenvalue weighted by atomic mass is 35.5. The van der Waals surface area contributed by atoms with Crippen molar-refractivity contribution in [1.82, 2.24) is 5.32 Å². The summed E-state index contributed by atoms with van der Waals surface area (Å²) < 4.78 is 14.1. The number of halogens is 2. The van der Waals surface area contributed by atoms with E-state index in [0.717, 1.165) is 6.42 Å². The third-order valence-electron chi connectivity index (χ3n) is 4.17. The second kappa shape index (κ2) is 5.55. The zero-order valence-electron chi connectivity index (χ0n) is 11.4. The van der Waals surface area contributed by atoms with Gasteiger partial charge in [0.15, 0.2) is 0 Å². The zero-order valence-corrected chi connectivity index (χ0v) is 12.1. The van der Waals surface area contributed by atoms with Crippen LogP contribution in [0.2, 0.25) is 5.02 Å². The Hall–Kier alpha value is -1.38. The van der Waals surface area contributed by atoms with Crippen LogP contribution in [0.4, 0.5) is 4.39 Å². The molecule has 0 heterocycles. The molecule has 0 aromatic heterocycles. The Labute approximate surface area is 123 Å². The molecule has 3 rings (SSSR count). The van der Waals surface area contributed by atoms with E-state index >= 15 is 0 Å². The standard InChI is InChI=1S/C17H17ClFN/c1-20-17-13(9-11-5-2-3-7-14(11)17)10-12-6-4-8-15(18)16(12)19/h2-8,13,17,20H,9-10H2,1H3. The lowest BCUT2D eigenvalue weighted by molar-refractivity contribution is 0.404. The van der Waals surface area contributed by atoms with E-state index < -0.39 is 0 Å². The van der Waals surface area contributed by atoms with Crippen molar-refractivity contribution in [1.29, 1.82) is 0 Å². The van der Waals surface area contributed by atoms with Crippen molar-refractivity contribution < 1.29 is 4.39 Å². The molecule has 1 aliphatic rings. The summed E-state index contributed by atoms with van der Waals surface area (Å²) in [6.45, 7) is 0. The number of benzene rings is 2. The average Bonchev–Trinajstić information content (AvgIpc) is 2.81. The smallest absolute Gasteiger partial charge is 0.144 e. The van der Waals surface area contributed by atoms with Gasteiger partial charge in [0, 0.05) is 6.04 Å². The lowest BCUT2D eigenvalue weighted by Crippen LogP contribution is -2.23. The number of nitrogens with one attached hydrogen (secondary N) is 1. The van der Waals surface area contributed by atoms with E-state index in [0.29, 0.717) is 17.9 Å². The third-order valence-corrected chi connectivity index (χ3v) is 4.46. The normalized spacial score (nSPS) is 20.9. The maximum atomic E-state index is 14.1. The molecule has 0 fully saturated rings. The van der Waals surface area contributed by atoms with E-state index in [9.17, 15) is 4.39 Å². The van der Waals surface area contributed by atoms with Crippen molar-refractivity contribution in [2.45, 2.75) is 18.9 Å². The van der Waals surface area contributed by atoms with Crippen LogP contribution in [0.5, 0.6) is 0 Å². The van der Waals surface area contributed by atoms with Gasteiger partial charge in [0.25, 0.3) is 0 Å². The second-order valence-corrected chi connectivity index (χ2v) is 5.75. The molecule has 2 atom stereocenters. The third kappa shape index (κ3) is 2.34. The molecule has 1 nitrogen and oxygen atoms in total. The molecule has 0 bridgehead atoms. The molecule has 0 radical (unpaired) electrons. The van der Waals surface area contributed by atoms with Crippen LogP contribution in [-0.2, 0) is 12.8 Å². The van der Waals surface area contributed by atoms with E-state index in [-0.39, 0.29) is 16.9 Å². The minimum Gasteiger partial charge on any atom is -0.313 e. The Kier molecular flexibility index (Phi) is 3.77. The highest BCUT2D eigenvalue weighted by Gasteiger charge is 2.31. The van der Waals surface area contributed by atoms with Crippen LogP contribution in [0.3, 0.4) is 0 Å². The molecule has 0 aliphatic heterocycles. The monoisotopic (exact) mass is 289 g/mol. The summed E-state index contributed by atoms with van der Waals surface area (Å²) in [6, 6.07) is 14.0. The Morgan fingerprint density at radius 2 is 2.00 bits per heavy atom. The molecule has 2 aromatic rings. The maximum Gasteiger partial charge on any atom is 0.144 e. The van der Waals surface area contributed by atoms with Crippen LogP contribution in [0, 0.1) is 11.7 Å². The van der Waals surface area contributed by atoms with Crippen molar-refractivity contribution in [3.05, 3.63) is 70.0 Å². The summed E-state index contributed by atoms with van der Waals surface area (Å²) in [5.41, 5.74) is 3.40. The van der Waals surface area contributed by atoms with Crippen molar-refractivity contribution in [3.63, 3.8) is 0 Å². The first-order valence-corrected chi connectivity index (χ1v) is 7.26. The number of fused-ring (bicyclic) bond motifs is 1. The Bertz CT molecular complexity index is 626. The van der Waals surface area contributed by atoms with E-state index in [2.05, 4.69) is 29.6 Å². The molecule has 104 valence electrons. The summed E-state index contributed by atoms with van der Waals surface area (Å²) in [6.07, 6.45) is 1.68. The fraction of sp³-hybridized carbons (Fsp3) is 0.294. The highest BCUT2D eigenvalue weighted by Crippen LogP contribution is 2.38. The van der Waals surface area contributed by atoms with Gasteiger partial charge in [0.05, 0.1) is 5.02 Å². The van der Waals surface area contributed by atoms with Crippen molar-refractivity contribution >= 4 is 11.6 Å². The van der Waals surface area contributed by atoms with E-state index in [4.69, 9.17) is 11.6 Å². The van der Waals surface area contributed by atoms with E-state index in [1.165, 1.54) is 11.1 Å². The molecule has 20 heavy (non-hydrogen) atoms. The van der Waals surface area contributed by atoms with Gasteiger partial charge in [-0.1, -0.05) is 48.0 Å². The average molecular weight is 290 g/mol. The quantitative estimate of drug-likeness (QED) is 0.895. The van der Waals surface area contributed by atoms with Gasteiger partial charge in [-0.05, 0) is 48.6 Å². The summed E-state index contributed by atoms with van der Waals surface area (Å²) >= 11 is 5.87. The van der Waals surface area contributed by atoms with Gasteiger partial charge in [0.2, 0.25) is 0 Å². The van der Waals surface area contributed by atoms with Crippen LogP contribution >= 0.6 is 11.6 Å². The predicted molar refractivity (Wildman–Crippen MR) is 80.6 cm³/mol. The minimum atomic E-state index is -0.278. The van der Waals surface area contributed by atoms with Gasteiger partial charge in [-0.3, -0.25) is 0 Å². The summed E-state index contributed by atoms with van der Waals surface area (Å²) in [7, 11) is 1.97. The summed E-state index contributed by atoms with van der Waals surface area (Å²) in [4.78, 5) is 0. The molecule has 3 heteroatoms. The summed E-state index contributed by atoms with van der Waals surface area (Å²) in [5.74, 6) is 0.0883. The first-order valence-electron chi connectivity index (χ1n) is 6.88. The van der Waals surface area contributed by atoms with Gasteiger partial charge in [-0.2, -0.15) is 0 Å². The molecule has 0 saturated carbocycles. The van der Waals surface area contributed by atoms with E-state index in [1.54, 1.807) is 6.07 Å². The SMILES string of the molecule is CNC1c2ccccc2CC1Cc1cccc(Cl)c1F. The Morgan fingerprint density at radius 1 is 1.20 bits per heavy atom. The molecule has 0 amide bonds. The Balaban J connectivity index is 1.87. The van der Waals surface area contributed by atoms with Crippen molar-refractivity contribution in [3.8, 4) is 0 Å². The molecule has 1 N–H and O–H groups in total. The maximum absolute atomic E-state index is 14.1. The number of rotatable bonds is 3. The van der Waals surface area contributed by atoms with Crippen LogP contribution in [0.15, 0.2) is 42.5 Å². The van der Waals surface area contributed by atoms with Gasteiger partial charge < -0.3 is 5.32 Å². The van der Waals surface area contributed by atoms with Crippen molar-refractivity contribution in [2.24, 2.45) is 5.92 Å². The van der Waals surface area contributed by atoms with Crippen LogP contribution in [-0.4, -0.2) is 7.05 Å². The van der Waals surface area contributed by atoms with Crippen LogP contribution in [0.25, 0.3) is 0 Å². The first-order chi connectivity index (χ1) is 9.70. The van der Waals surface area contributed by atoms with Gasteiger partial charge in [0.1, 0.15) is 5.82 Å². The highest BCUT2D eigenvalue weighted by molar-refractivity contribution is 6.30. The largest absolute Gasteiger partial charge is 0.313 e. The molecule has 2 aromatic carbocycles. The van der Waals surface area contributed by atoms with Crippen LogP contribution in [0.1, 0.15) is 22.7 Å². The number of hydrogen-bond donors (Lipinski definition) is 1. The predicted octanol–water partition coefficient (Wildman–Crippen LogP) is 4.15. The molecule has 2 unspecified atom stereocenters. The molecule has 1 aliphatic carbocycles. The lowest BCUT2D eigenvalue weighted by Gasteiger charge is -2.20. The Morgan fingerprint density at radius 3 is 2.80 bits per heavy atom. The molecule has 0 saturated heterocycles. The van der Waals surface area contributed by atoms with Gasteiger partial charge in [-0.25, -0.2) is 4.39 Å².